The molecule has 4 rings (SSSR count). The van der Waals surface area contributed by atoms with Gasteiger partial charge in [-0.25, -0.2) is 18.2 Å². The first-order valence-electron chi connectivity index (χ1n) is 9.64. The Balaban J connectivity index is 1.50. The highest BCUT2D eigenvalue weighted by molar-refractivity contribution is 6.04. The van der Waals surface area contributed by atoms with Crippen LogP contribution in [-0.4, -0.2) is 29.7 Å². The molecule has 30 heavy (non-hydrogen) atoms. The smallest absolute Gasteiger partial charge is 0.261 e. The van der Waals surface area contributed by atoms with Gasteiger partial charge < -0.3 is 10.2 Å². The summed E-state index contributed by atoms with van der Waals surface area (Å²) in [6, 6.07) is 8.06. The van der Waals surface area contributed by atoms with Crippen molar-refractivity contribution in [3.63, 3.8) is 0 Å². The summed E-state index contributed by atoms with van der Waals surface area (Å²) in [5, 5.41) is 2.46. The van der Waals surface area contributed by atoms with Crippen LogP contribution < -0.4 is 5.32 Å². The average Bonchev–Trinajstić information content (AvgIpc) is 3.23. The van der Waals surface area contributed by atoms with Gasteiger partial charge in [0, 0.05) is 43.5 Å². The Hall–Kier alpha value is -3.35. The second-order valence-electron chi connectivity index (χ2n) is 7.34. The summed E-state index contributed by atoms with van der Waals surface area (Å²) in [7, 11) is 0. The number of carbonyl (C=O) groups is 1. The number of anilines is 1. The topological polar surface area (TPSA) is 44.7 Å². The van der Waals surface area contributed by atoms with Crippen LogP contribution in [0.5, 0.6) is 0 Å². The van der Waals surface area contributed by atoms with E-state index in [2.05, 4.69) is 22.1 Å². The summed E-state index contributed by atoms with van der Waals surface area (Å²) in [4.78, 5) is 18.9. The van der Waals surface area contributed by atoms with Crippen LogP contribution in [0.15, 0.2) is 59.2 Å². The van der Waals surface area contributed by atoms with Gasteiger partial charge in [-0.2, -0.15) is 0 Å². The second kappa shape index (κ2) is 8.18. The molecule has 0 radical (unpaired) electrons. The van der Waals surface area contributed by atoms with E-state index in [0.717, 1.165) is 37.3 Å². The molecule has 154 valence electrons. The highest BCUT2D eigenvalue weighted by Crippen LogP contribution is 2.28. The fraction of sp³-hybridized carbons (Fsp3) is 0.217. The summed E-state index contributed by atoms with van der Waals surface area (Å²) in [5.74, 6) is -3.46. The van der Waals surface area contributed by atoms with Crippen LogP contribution in [0.4, 0.5) is 18.9 Å². The summed E-state index contributed by atoms with van der Waals surface area (Å²) < 4.78 is 40.7. The van der Waals surface area contributed by atoms with Crippen LogP contribution >= 0.6 is 0 Å². The quantitative estimate of drug-likeness (QED) is 0.759. The first kappa shape index (κ1) is 19.9. The molecular formula is C23H20F3N3O. The lowest BCUT2D eigenvalue weighted by Gasteiger charge is -2.31. The second-order valence-corrected chi connectivity index (χ2v) is 7.34. The van der Waals surface area contributed by atoms with E-state index in [4.69, 9.17) is 0 Å². The molecule has 7 heteroatoms. The highest BCUT2D eigenvalue weighted by Gasteiger charge is 2.22. The standard InChI is InChI=1S/C23H20F3N3O/c1-14-8-10-29(21-3-2-9-27-21)13-18(14)15-4-6-17(7-5-15)28-23(30)22-19(25)11-16(24)12-20(22)26/h2,4-7,9,11-12H,3,8,10,13H2,1H3,(H,28,30). The molecule has 0 atom stereocenters. The van der Waals surface area contributed by atoms with Crippen molar-refractivity contribution in [1.82, 2.24) is 4.90 Å². The number of carbonyl (C=O) groups excluding carboxylic acids is 1. The molecule has 0 aliphatic carbocycles. The van der Waals surface area contributed by atoms with Crippen molar-refractivity contribution in [2.24, 2.45) is 4.99 Å². The SMILES string of the molecule is CC1=C(c2ccc(NC(=O)c3c(F)cc(F)cc3F)cc2)CN(C2=NC=CC2)CC1. The number of hydrogen-bond acceptors (Lipinski definition) is 3. The molecule has 0 saturated heterocycles. The lowest BCUT2D eigenvalue weighted by atomic mass is 9.94. The lowest BCUT2D eigenvalue weighted by Crippen LogP contribution is -2.35. The molecule has 0 unspecified atom stereocenters. The summed E-state index contributed by atoms with van der Waals surface area (Å²) in [6.07, 6.45) is 5.64. The number of amides is 1. The predicted molar refractivity (Wildman–Crippen MR) is 111 cm³/mol. The van der Waals surface area contributed by atoms with E-state index in [9.17, 15) is 18.0 Å². The number of amidine groups is 1. The van der Waals surface area contributed by atoms with Crippen LogP contribution in [0.3, 0.4) is 0 Å². The third kappa shape index (κ3) is 4.01. The van der Waals surface area contributed by atoms with Crippen LogP contribution in [0.1, 0.15) is 35.7 Å². The van der Waals surface area contributed by atoms with Gasteiger partial charge in [-0.3, -0.25) is 4.79 Å². The Bertz CT molecular complexity index is 1060. The first-order valence-corrected chi connectivity index (χ1v) is 9.64. The minimum atomic E-state index is -1.24. The Morgan fingerprint density at radius 1 is 1.10 bits per heavy atom. The molecule has 2 heterocycles. The third-order valence-electron chi connectivity index (χ3n) is 5.34. The van der Waals surface area contributed by atoms with Crippen molar-refractivity contribution in [2.75, 3.05) is 18.4 Å². The number of benzene rings is 2. The van der Waals surface area contributed by atoms with Crippen molar-refractivity contribution in [2.45, 2.75) is 19.8 Å². The Labute approximate surface area is 172 Å². The molecule has 0 aromatic heterocycles. The van der Waals surface area contributed by atoms with E-state index in [1.165, 1.54) is 11.1 Å². The van der Waals surface area contributed by atoms with Crippen molar-refractivity contribution >= 4 is 23.0 Å². The molecule has 2 aliphatic heterocycles. The zero-order valence-electron chi connectivity index (χ0n) is 16.4. The van der Waals surface area contributed by atoms with Gasteiger partial charge in [0.25, 0.3) is 5.91 Å². The van der Waals surface area contributed by atoms with E-state index in [1.807, 2.05) is 24.4 Å². The number of hydrogen-bond donors (Lipinski definition) is 1. The Morgan fingerprint density at radius 2 is 1.80 bits per heavy atom. The van der Waals surface area contributed by atoms with Crippen LogP contribution in [-0.2, 0) is 0 Å². The molecule has 2 aliphatic rings. The van der Waals surface area contributed by atoms with Crippen LogP contribution in [0, 0.1) is 17.5 Å². The maximum atomic E-state index is 13.8. The fourth-order valence-electron chi connectivity index (χ4n) is 3.68. The molecule has 2 aromatic rings. The normalized spacial score (nSPS) is 16.1. The van der Waals surface area contributed by atoms with Gasteiger partial charge in [0.2, 0.25) is 0 Å². The minimum absolute atomic E-state index is 0.391. The van der Waals surface area contributed by atoms with Gasteiger partial charge in [-0.1, -0.05) is 23.8 Å². The maximum absolute atomic E-state index is 13.8. The van der Waals surface area contributed by atoms with Gasteiger partial charge in [0.15, 0.2) is 0 Å². The Kier molecular flexibility index (Phi) is 5.44. The van der Waals surface area contributed by atoms with E-state index < -0.39 is 28.9 Å². The first-order chi connectivity index (χ1) is 14.4. The molecule has 0 bridgehead atoms. The molecule has 0 fully saturated rings. The third-order valence-corrected chi connectivity index (χ3v) is 5.34. The number of nitrogens with one attached hydrogen (secondary N) is 1. The zero-order valence-corrected chi connectivity index (χ0v) is 16.4. The molecule has 1 N–H and O–H groups in total. The van der Waals surface area contributed by atoms with E-state index in [0.29, 0.717) is 17.8 Å². The summed E-state index contributed by atoms with van der Waals surface area (Å²) >= 11 is 0. The molecule has 0 spiro atoms. The molecule has 0 saturated carbocycles. The van der Waals surface area contributed by atoms with Crippen molar-refractivity contribution < 1.29 is 18.0 Å². The molecule has 4 nitrogen and oxygen atoms in total. The highest BCUT2D eigenvalue weighted by atomic mass is 19.1. The summed E-state index contributed by atoms with van der Waals surface area (Å²) in [6.45, 7) is 3.79. The number of aliphatic imine (C=N–C) groups is 1. The van der Waals surface area contributed by atoms with Crippen LogP contribution in [0.25, 0.3) is 5.57 Å². The van der Waals surface area contributed by atoms with Gasteiger partial charge >= 0.3 is 0 Å². The minimum Gasteiger partial charge on any atom is -0.355 e. The fourth-order valence-corrected chi connectivity index (χ4v) is 3.68. The van der Waals surface area contributed by atoms with Crippen LogP contribution in [0.2, 0.25) is 0 Å². The monoisotopic (exact) mass is 411 g/mol. The largest absolute Gasteiger partial charge is 0.355 e. The van der Waals surface area contributed by atoms with Gasteiger partial charge in [0.05, 0.1) is 0 Å². The lowest BCUT2D eigenvalue weighted by molar-refractivity contribution is 0.101. The molecular weight excluding hydrogens is 391 g/mol. The van der Waals surface area contributed by atoms with E-state index in [-0.39, 0.29) is 0 Å². The number of halogens is 3. The number of rotatable bonds is 3. The van der Waals surface area contributed by atoms with Crippen molar-refractivity contribution in [1.29, 1.82) is 0 Å². The molecule has 1 amide bonds. The summed E-state index contributed by atoms with van der Waals surface area (Å²) in [5.41, 5.74) is 3.09. The zero-order chi connectivity index (χ0) is 21.3. The predicted octanol–water partition coefficient (Wildman–Crippen LogP) is 5.15. The number of nitrogens with zero attached hydrogens (tertiary/aromatic N) is 2. The maximum Gasteiger partial charge on any atom is 0.261 e. The van der Waals surface area contributed by atoms with Gasteiger partial charge in [-0.05, 0) is 36.6 Å². The van der Waals surface area contributed by atoms with Gasteiger partial charge in [-0.15, -0.1) is 0 Å². The molecule has 2 aromatic carbocycles. The van der Waals surface area contributed by atoms with Crippen molar-refractivity contribution in [3.8, 4) is 0 Å². The Morgan fingerprint density at radius 3 is 2.43 bits per heavy atom. The van der Waals surface area contributed by atoms with Gasteiger partial charge in [0.1, 0.15) is 28.9 Å². The average molecular weight is 411 g/mol. The van der Waals surface area contributed by atoms with Crippen molar-refractivity contribution in [3.05, 3.63) is 82.8 Å². The van der Waals surface area contributed by atoms with E-state index in [1.54, 1.807) is 12.1 Å². The van der Waals surface area contributed by atoms with E-state index >= 15 is 0 Å².